The Morgan fingerprint density at radius 1 is 1.29 bits per heavy atom. The van der Waals surface area contributed by atoms with Gasteiger partial charge in [0.25, 0.3) is 5.91 Å². The molecule has 21 heavy (non-hydrogen) atoms. The van der Waals surface area contributed by atoms with E-state index in [1.54, 1.807) is 25.1 Å². The summed E-state index contributed by atoms with van der Waals surface area (Å²) in [6.45, 7) is 5.45. The van der Waals surface area contributed by atoms with Gasteiger partial charge in [0, 0.05) is 32.2 Å². The minimum Gasteiger partial charge on any atom is -0.481 e. The number of fused-ring (bicyclic) bond motifs is 1. The number of carbonyl (C=O) groups excluding carboxylic acids is 1. The van der Waals surface area contributed by atoms with E-state index in [-0.39, 0.29) is 5.91 Å². The van der Waals surface area contributed by atoms with E-state index in [2.05, 4.69) is 5.32 Å². The molecule has 1 aromatic carbocycles. The van der Waals surface area contributed by atoms with Crippen LogP contribution in [0, 0.1) is 11.8 Å². The molecule has 2 heterocycles. The topological polar surface area (TPSA) is 41.6 Å². The molecule has 3 rings (SSSR count). The number of rotatable bonds is 3. The molecule has 2 fully saturated rings. The van der Waals surface area contributed by atoms with Gasteiger partial charge in [-0.25, -0.2) is 0 Å². The Labute approximate surface area is 134 Å². The Bertz CT molecular complexity index is 540. The predicted molar refractivity (Wildman–Crippen MR) is 83.0 cm³/mol. The van der Waals surface area contributed by atoms with Crippen molar-refractivity contribution in [2.45, 2.75) is 13.0 Å². The smallest absolute Gasteiger partial charge is 0.263 e. The van der Waals surface area contributed by atoms with E-state index in [1.165, 1.54) is 0 Å². The van der Waals surface area contributed by atoms with Gasteiger partial charge in [0.1, 0.15) is 5.75 Å². The monoisotopic (exact) mass is 328 g/mol. The molecule has 3 atom stereocenters. The minimum absolute atomic E-state index is 0.0375. The molecule has 0 aliphatic carbocycles. The standard InChI is InChI=1S/C15H18Cl2N2O2/c1-9(21-12-2-3-13(16)14(17)4-12)15(20)19-7-10-5-18-6-11(10)8-19/h2-4,9-11,18H,5-8H2,1H3/t9?,10-,11+. The van der Waals surface area contributed by atoms with Crippen LogP contribution in [-0.4, -0.2) is 43.1 Å². The average Bonchev–Trinajstić information content (AvgIpc) is 3.03. The van der Waals surface area contributed by atoms with Crippen molar-refractivity contribution in [1.29, 1.82) is 0 Å². The van der Waals surface area contributed by atoms with Crippen molar-refractivity contribution < 1.29 is 9.53 Å². The number of nitrogens with zero attached hydrogens (tertiary/aromatic N) is 1. The summed E-state index contributed by atoms with van der Waals surface area (Å²) >= 11 is 11.8. The highest BCUT2D eigenvalue weighted by Crippen LogP contribution is 2.29. The molecule has 0 bridgehead atoms. The van der Waals surface area contributed by atoms with Crippen LogP contribution in [0.3, 0.4) is 0 Å². The number of hydrogen-bond acceptors (Lipinski definition) is 3. The van der Waals surface area contributed by atoms with E-state index in [0.717, 1.165) is 26.2 Å². The summed E-state index contributed by atoms with van der Waals surface area (Å²) in [7, 11) is 0. The van der Waals surface area contributed by atoms with Crippen LogP contribution in [0.25, 0.3) is 0 Å². The fourth-order valence-corrected chi connectivity index (χ4v) is 3.39. The third kappa shape index (κ3) is 3.12. The van der Waals surface area contributed by atoms with Gasteiger partial charge in [-0.1, -0.05) is 23.2 Å². The SMILES string of the molecule is CC(Oc1ccc(Cl)c(Cl)c1)C(=O)N1C[C@H]2CNC[C@H]2C1. The van der Waals surface area contributed by atoms with Crippen LogP contribution in [-0.2, 0) is 4.79 Å². The van der Waals surface area contributed by atoms with Gasteiger partial charge >= 0.3 is 0 Å². The highest BCUT2D eigenvalue weighted by molar-refractivity contribution is 6.42. The van der Waals surface area contributed by atoms with Crippen LogP contribution in [0.15, 0.2) is 18.2 Å². The molecule has 0 saturated carbocycles. The Morgan fingerprint density at radius 2 is 1.95 bits per heavy atom. The zero-order valence-corrected chi connectivity index (χ0v) is 13.3. The van der Waals surface area contributed by atoms with E-state index in [1.807, 2.05) is 4.90 Å². The molecular formula is C15H18Cl2N2O2. The van der Waals surface area contributed by atoms with Gasteiger partial charge in [0.05, 0.1) is 10.0 Å². The quantitative estimate of drug-likeness (QED) is 0.926. The second-order valence-electron chi connectivity index (χ2n) is 5.76. The van der Waals surface area contributed by atoms with Crippen molar-refractivity contribution in [3.63, 3.8) is 0 Å². The molecule has 4 nitrogen and oxygen atoms in total. The lowest BCUT2D eigenvalue weighted by atomic mass is 10.0. The lowest BCUT2D eigenvalue weighted by molar-refractivity contribution is -0.137. The predicted octanol–water partition coefficient (Wildman–Crippen LogP) is 2.44. The highest BCUT2D eigenvalue weighted by Gasteiger charge is 2.39. The van der Waals surface area contributed by atoms with Crippen molar-refractivity contribution in [3.05, 3.63) is 28.2 Å². The zero-order chi connectivity index (χ0) is 15.0. The summed E-state index contributed by atoms with van der Waals surface area (Å²) in [4.78, 5) is 14.4. The van der Waals surface area contributed by atoms with Crippen LogP contribution >= 0.6 is 23.2 Å². The van der Waals surface area contributed by atoms with Gasteiger partial charge in [-0.05, 0) is 30.9 Å². The van der Waals surface area contributed by atoms with E-state index in [9.17, 15) is 4.79 Å². The molecule has 1 aromatic rings. The molecule has 0 aromatic heterocycles. The normalized spacial score (nSPS) is 25.8. The van der Waals surface area contributed by atoms with Crippen LogP contribution in [0.2, 0.25) is 10.0 Å². The molecular weight excluding hydrogens is 311 g/mol. The van der Waals surface area contributed by atoms with Gasteiger partial charge < -0.3 is 15.0 Å². The van der Waals surface area contributed by atoms with Crippen LogP contribution < -0.4 is 10.1 Å². The number of carbonyl (C=O) groups is 1. The summed E-state index contributed by atoms with van der Waals surface area (Å²) in [5, 5.41) is 4.27. The van der Waals surface area contributed by atoms with E-state index in [4.69, 9.17) is 27.9 Å². The molecule has 2 aliphatic rings. The van der Waals surface area contributed by atoms with E-state index in [0.29, 0.717) is 27.6 Å². The summed E-state index contributed by atoms with van der Waals surface area (Å²) in [5.41, 5.74) is 0. The third-order valence-corrected chi connectivity index (χ3v) is 4.99. The number of benzene rings is 1. The van der Waals surface area contributed by atoms with Gasteiger partial charge in [-0.3, -0.25) is 4.79 Å². The summed E-state index contributed by atoms with van der Waals surface area (Å²) < 4.78 is 5.70. The zero-order valence-electron chi connectivity index (χ0n) is 11.8. The molecule has 2 saturated heterocycles. The highest BCUT2D eigenvalue weighted by atomic mass is 35.5. The molecule has 6 heteroatoms. The maximum Gasteiger partial charge on any atom is 0.263 e. The van der Waals surface area contributed by atoms with Crippen molar-refractivity contribution in [3.8, 4) is 5.75 Å². The Morgan fingerprint density at radius 3 is 2.57 bits per heavy atom. The van der Waals surface area contributed by atoms with Crippen LogP contribution in [0.4, 0.5) is 0 Å². The first kappa shape index (κ1) is 14.9. The van der Waals surface area contributed by atoms with Crippen molar-refractivity contribution >= 4 is 29.1 Å². The van der Waals surface area contributed by atoms with Crippen molar-refractivity contribution in [2.24, 2.45) is 11.8 Å². The fraction of sp³-hybridized carbons (Fsp3) is 0.533. The first-order valence-electron chi connectivity index (χ1n) is 7.16. The summed E-state index contributed by atoms with van der Waals surface area (Å²) in [6.07, 6.45) is -0.519. The van der Waals surface area contributed by atoms with Crippen LogP contribution in [0.1, 0.15) is 6.92 Å². The van der Waals surface area contributed by atoms with Crippen LogP contribution in [0.5, 0.6) is 5.75 Å². The largest absolute Gasteiger partial charge is 0.481 e. The molecule has 0 radical (unpaired) electrons. The Hall–Kier alpha value is -0.970. The van der Waals surface area contributed by atoms with E-state index < -0.39 is 6.10 Å². The second-order valence-corrected chi connectivity index (χ2v) is 6.57. The van der Waals surface area contributed by atoms with E-state index >= 15 is 0 Å². The number of halogens is 2. The first-order chi connectivity index (χ1) is 10.0. The van der Waals surface area contributed by atoms with Crippen molar-refractivity contribution in [2.75, 3.05) is 26.2 Å². The molecule has 1 unspecified atom stereocenters. The fourth-order valence-electron chi connectivity index (χ4n) is 3.10. The number of nitrogens with one attached hydrogen (secondary N) is 1. The van der Waals surface area contributed by atoms with Gasteiger partial charge in [-0.15, -0.1) is 0 Å². The first-order valence-corrected chi connectivity index (χ1v) is 7.91. The van der Waals surface area contributed by atoms with Gasteiger partial charge in [0.15, 0.2) is 6.10 Å². The van der Waals surface area contributed by atoms with Gasteiger partial charge in [0.2, 0.25) is 0 Å². The molecule has 2 aliphatic heterocycles. The summed E-state index contributed by atoms with van der Waals surface area (Å²) in [6, 6.07) is 5.03. The van der Waals surface area contributed by atoms with Gasteiger partial charge in [-0.2, -0.15) is 0 Å². The Balaban J connectivity index is 1.61. The second kappa shape index (κ2) is 6.03. The third-order valence-electron chi connectivity index (χ3n) is 4.25. The Kier molecular flexibility index (Phi) is 4.29. The average molecular weight is 329 g/mol. The molecule has 1 amide bonds. The molecule has 0 spiro atoms. The maximum atomic E-state index is 12.5. The number of ether oxygens (including phenoxy) is 1. The molecule has 114 valence electrons. The maximum absolute atomic E-state index is 12.5. The molecule has 1 N–H and O–H groups in total. The number of likely N-dealkylation sites (tertiary alicyclic amines) is 1. The number of hydrogen-bond donors (Lipinski definition) is 1. The van der Waals surface area contributed by atoms with Crippen molar-refractivity contribution in [1.82, 2.24) is 10.2 Å². The minimum atomic E-state index is -0.519. The summed E-state index contributed by atoms with van der Waals surface area (Å²) in [5.74, 6) is 1.78. The lowest BCUT2D eigenvalue weighted by Gasteiger charge is -2.22. The number of amides is 1. The lowest BCUT2D eigenvalue weighted by Crippen LogP contribution is -2.40.